The highest BCUT2D eigenvalue weighted by Gasteiger charge is 2.36. The number of anilines is 1. The van der Waals surface area contributed by atoms with Gasteiger partial charge in [-0.3, -0.25) is 9.59 Å². The second kappa shape index (κ2) is 8.00. The summed E-state index contributed by atoms with van der Waals surface area (Å²) in [5.74, 6) is -0.272. The molecule has 1 aliphatic rings. The molecule has 0 atom stereocenters. The number of amides is 2. The summed E-state index contributed by atoms with van der Waals surface area (Å²) in [6.07, 6.45) is 2.84. The summed E-state index contributed by atoms with van der Waals surface area (Å²) in [6.45, 7) is 8.21. The Balaban J connectivity index is 1.67. The zero-order chi connectivity index (χ0) is 21.4. The zero-order valence-electron chi connectivity index (χ0n) is 17.6. The van der Waals surface area contributed by atoms with Crippen LogP contribution in [0.25, 0.3) is 11.8 Å². The molecule has 4 rings (SSSR count). The van der Waals surface area contributed by atoms with Crippen LogP contribution in [-0.4, -0.2) is 15.7 Å². The molecule has 2 aromatic carbocycles. The average Bonchev–Trinajstić information content (AvgIpc) is 3.17. The summed E-state index contributed by atoms with van der Waals surface area (Å²) in [6, 6.07) is 18.0. The van der Waals surface area contributed by atoms with Crippen molar-refractivity contribution in [1.82, 2.24) is 4.57 Å². The molecule has 2 amide bonds. The van der Waals surface area contributed by atoms with Gasteiger partial charge >= 0.3 is 0 Å². The van der Waals surface area contributed by atoms with Gasteiger partial charge < -0.3 is 4.57 Å². The monoisotopic (exact) mass is 416 g/mol. The van der Waals surface area contributed by atoms with Gasteiger partial charge in [-0.2, -0.15) is 0 Å². The smallest absolute Gasteiger partial charge is 0.298 e. The first kappa shape index (κ1) is 20.2. The first-order chi connectivity index (χ1) is 14.4. The number of imide groups is 1. The molecule has 30 heavy (non-hydrogen) atoms. The summed E-state index contributed by atoms with van der Waals surface area (Å²) in [7, 11) is 0. The van der Waals surface area contributed by atoms with Crippen molar-refractivity contribution in [3.8, 4) is 5.69 Å². The quantitative estimate of drug-likeness (QED) is 0.475. The fraction of sp³-hybridized carbons (Fsp3) is 0.200. The van der Waals surface area contributed by atoms with Crippen molar-refractivity contribution in [1.29, 1.82) is 0 Å². The normalized spacial score (nSPS) is 15.5. The van der Waals surface area contributed by atoms with Crippen LogP contribution in [-0.2, 0) is 11.2 Å². The molecule has 1 aliphatic heterocycles. The van der Waals surface area contributed by atoms with Crippen molar-refractivity contribution < 1.29 is 9.59 Å². The van der Waals surface area contributed by atoms with E-state index in [1.165, 1.54) is 10.5 Å². The number of carbonyl (C=O) groups excluding carboxylic acids is 2. The third-order valence-corrected chi connectivity index (χ3v) is 6.32. The Bertz CT molecular complexity index is 1160. The Kier molecular flexibility index (Phi) is 5.39. The maximum absolute atomic E-state index is 13.0. The summed E-state index contributed by atoms with van der Waals surface area (Å²) in [4.78, 5) is 27.2. The highest BCUT2D eigenvalue weighted by atomic mass is 32.2. The van der Waals surface area contributed by atoms with E-state index in [0.29, 0.717) is 10.6 Å². The van der Waals surface area contributed by atoms with Crippen LogP contribution < -0.4 is 4.90 Å². The number of hydrogen-bond acceptors (Lipinski definition) is 3. The van der Waals surface area contributed by atoms with Gasteiger partial charge in [0.15, 0.2) is 0 Å². The van der Waals surface area contributed by atoms with Crippen molar-refractivity contribution in [2.24, 2.45) is 0 Å². The van der Waals surface area contributed by atoms with E-state index in [0.717, 1.165) is 46.4 Å². The Labute approximate surface area is 181 Å². The summed E-state index contributed by atoms with van der Waals surface area (Å²) in [5, 5.41) is -0.265. The molecule has 4 nitrogen and oxygen atoms in total. The largest absolute Gasteiger partial charge is 0.318 e. The lowest BCUT2D eigenvalue weighted by Crippen LogP contribution is -2.27. The fourth-order valence-electron chi connectivity index (χ4n) is 3.74. The fourth-order valence-corrected chi connectivity index (χ4v) is 4.57. The van der Waals surface area contributed by atoms with Gasteiger partial charge in [0.25, 0.3) is 11.1 Å². The molecule has 0 saturated carbocycles. The molecule has 0 unspecified atom stereocenters. The Morgan fingerprint density at radius 2 is 1.53 bits per heavy atom. The lowest BCUT2D eigenvalue weighted by molar-refractivity contribution is -0.113. The van der Waals surface area contributed by atoms with Crippen molar-refractivity contribution in [2.45, 2.75) is 34.1 Å². The predicted molar refractivity (Wildman–Crippen MR) is 124 cm³/mol. The molecule has 0 bridgehead atoms. The number of rotatable bonds is 4. The molecule has 1 aromatic heterocycles. The van der Waals surface area contributed by atoms with E-state index in [1.54, 1.807) is 12.1 Å². The van der Waals surface area contributed by atoms with E-state index >= 15 is 0 Å². The van der Waals surface area contributed by atoms with E-state index in [9.17, 15) is 9.59 Å². The molecule has 2 heterocycles. The number of aryl methyl sites for hydroxylation is 3. The van der Waals surface area contributed by atoms with Gasteiger partial charge in [-0.1, -0.05) is 36.8 Å². The number of carbonyl (C=O) groups is 2. The maximum atomic E-state index is 13.0. The first-order valence-electron chi connectivity index (χ1n) is 10.0. The highest BCUT2D eigenvalue weighted by Crippen LogP contribution is 2.36. The molecule has 1 fully saturated rings. The topological polar surface area (TPSA) is 42.3 Å². The highest BCUT2D eigenvalue weighted by molar-refractivity contribution is 8.19. The van der Waals surface area contributed by atoms with Crippen molar-refractivity contribution >= 4 is 34.7 Å². The van der Waals surface area contributed by atoms with Crippen LogP contribution in [0.3, 0.4) is 0 Å². The van der Waals surface area contributed by atoms with Crippen LogP contribution in [0.4, 0.5) is 10.5 Å². The minimum absolute atomic E-state index is 0.265. The number of nitrogens with zero attached hydrogens (tertiary/aromatic N) is 2. The molecule has 0 N–H and O–H groups in total. The van der Waals surface area contributed by atoms with Gasteiger partial charge in [0, 0.05) is 17.1 Å². The minimum Gasteiger partial charge on any atom is -0.318 e. The SMILES string of the molecule is CCc1ccc(-n2c(C)cc(C=C3SC(=O)N(c4ccc(C)cc4)C3=O)c2C)cc1. The average molecular weight is 417 g/mol. The maximum Gasteiger partial charge on any atom is 0.298 e. The molecule has 0 aliphatic carbocycles. The van der Waals surface area contributed by atoms with Crippen LogP contribution in [0.5, 0.6) is 0 Å². The van der Waals surface area contributed by atoms with E-state index < -0.39 is 0 Å². The van der Waals surface area contributed by atoms with Crippen LogP contribution in [0.2, 0.25) is 0 Å². The first-order valence-corrected chi connectivity index (χ1v) is 10.8. The van der Waals surface area contributed by atoms with Crippen LogP contribution >= 0.6 is 11.8 Å². The molecular weight excluding hydrogens is 392 g/mol. The van der Waals surface area contributed by atoms with Crippen LogP contribution in [0.1, 0.15) is 35.0 Å². The van der Waals surface area contributed by atoms with Crippen LogP contribution in [0, 0.1) is 20.8 Å². The molecule has 1 saturated heterocycles. The van der Waals surface area contributed by atoms with Gasteiger partial charge in [-0.25, -0.2) is 4.90 Å². The minimum atomic E-state index is -0.272. The molecular formula is C25H24N2O2S. The van der Waals surface area contributed by atoms with Crippen LogP contribution in [0.15, 0.2) is 59.5 Å². The van der Waals surface area contributed by atoms with E-state index in [-0.39, 0.29) is 11.1 Å². The van der Waals surface area contributed by atoms with Gasteiger partial charge in [0.05, 0.1) is 10.6 Å². The number of aromatic nitrogens is 1. The van der Waals surface area contributed by atoms with Crippen molar-refractivity contribution in [3.05, 3.63) is 87.6 Å². The second-order valence-electron chi connectivity index (χ2n) is 7.53. The molecule has 0 spiro atoms. The van der Waals surface area contributed by atoms with Crippen molar-refractivity contribution in [2.75, 3.05) is 4.90 Å². The Morgan fingerprint density at radius 3 is 2.17 bits per heavy atom. The molecule has 3 aromatic rings. The number of benzene rings is 2. The van der Waals surface area contributed by atoms with Gasteiger partial charge in [-0.05, 0) is 86.5 Å². The third-order valence-electron chi connectivity index (χ3n) is 5.45. The lowest BCUT2D eigenvalue weighted by Gasteiger charge is -2.12. The number of thioether (sulfide) groups is 1. The van der Waals surface area contributed by atoms with Gasteiger partial charge in [0.1, 0.15) is 0 Å². The second-order valence-corrected chi connectivity index (χ2v) is 8.53. The molecule has 152 valence electrons. The molecule has 0 radical (unpaired) electrons. The Hall–Kier alpha value is -3.05. The standard InChI is InChI=1S/C25H24N2O2S/c1-5-19-8-12-21(13-9-19)26-17(3)14-20(18(26)4)15-23-24(28)27(25(29)30-23)22-10-6-16(2)7-11-22/h6-15H,5H2,1-4H3. The summed E-state index contributed by atoms with van der Waals surface area (Å²) in [5.41, 5.74) is 7.15. The zero-order valence-corrected chi connectivity index (χ0v) is 18.4. The van der Waals surface area contributed by atoms with E-state index in [4.69, 9.17) is 0 Å². The summed E-state index contributed by atoms with van der Waals surface area (Å²) < 4.78 is 2.18. The van der Waals surface area contributed by atoms with E-state index in [1.807, 2.05) is 32.1 Å². The third kappa shape index (κ3) is 3.61. The Morgan fingerprint density at radius 1 is 0.900 bits per heavy atom. The van der Waals surface area contributed by atoms with Crippen molar-refractivity contribution in [3.63, 3.8) is 0 Å². The van der Waals surface area contributed by atoms with Gasteiger partial charge in [-0.15, -0.1) is 0 Å². The lowest BCUT2D eigenvalue weighted by atomic mass is 10.1. The molecule has 5 heteroatoms. The number of hydrogen-bond donors (Lipinski definition) is 0. The van der Waals surface area contributed by atoms with Gasteiger partial charge in [0.2, 0.25) is 0 Å². The van der Waals surface area contributed by atoms with E-state index in [2.05, 4.69) is 48.7 Å². The summed E-state index contributed by atoms with van der Waals surface area (Å²) >= 11 is 0.990. The predicted octanol–water partition coefficient (Wildman–Crippen LogP) is 6.21.